The zero-order chi connectivity index (χ0) is 10.6. The first kappa shape index (κ1) is 11.2. The van der Waals surface area contributed by atoms with Gasteiger partial charge in [-0.2, -0.15) is 0 Å². The fourth-order valence-corrected chi connectivity index (χ4v) is 3.81. The van der Waals surface area contributed by atoms with Crippen molar-refractivity contribution in [2.24, 2.45) is 5.73 Å². The maximum atomic E-state index is 11.6. The summed E-state index contributed by atoms with van der Waals surface area (Å²) in [7, 11) is -4.26. The summed E-state index contributed by atoms with van der Waals surface area (Å²) in [6.07, 6.45) is 0. The summed E-state index contributed by atoms with van der Waals surface area (Å²) in [5.41, 5.74) is 6.08. The molecule has 0 fully saturated rings. The van der Waals surface area contributed by atoms with Crippen molar-refractivity contribution < 1.29 is 8.42 Å². The second-order valence-corrected chi connectivity index (χ2v) is 8.87. The molecular weight excluding hydrogens is 216 g/mol. The number of nitrogens with two attached hydrogens (primary N) is 1. The molecule has 0 aliphatic heterocycles. The average Bonchev–Trinajstić information content (AvgIpc) is 2.20. The molecule has 6 heteroatoms. The maximum Gasteiger partial charge on any atom is 0.194 e. The lowest BCUT2D eigenvalue weighted by atomic mass is 10.3. The number of benzene rings is 1. The van der Waals surface area contributed by atoms with E-state index in [1.165, 1.54) is 4.31 Å². The molecule has 1 rings (SSSR count). The highest BCUT2D eigenvalue weighted by Crippen LogP contribution is 2.15. The molecule has 1 aromatic rings. The zero-order valence-electron chi connectivity index (χ0n) is 8.05. The Morgan fingerprint density at radius 1 is 1.36 bits per heavy atom. The van der Waals surface area contributed by atoms with Crippen LogP contribution >= 0.6 is 0 Å². The minimum atomic E-state index is -3.12. The van der Waals surface area contributed by atoms with E-state index in [1.54, 1.807) is 30.8 Å². The van der Waals surface area contributed by atoms with Gasteiger partial charge in [0, 0.05) is 0 Å². The van der Waals surface area contributed by atoms with Gasteiger partial charge >= 0.3 is 0 Å². The summed E-state index contributed by atoms with van der Waals surface area (Å²) >= 11 is 0. The van der Waals surface area contributed by atoms with Gasteiger partial charge in [0.05, 0.1) is 12.4 Å². The van der Waals surface area contributed by atoms with Gasteiger partial charge in [0.2, 0.25) is 0 Å². The number of hydrogen-bond donors (Lipinski definition) is 1. The van der Waals surface area contributed by atoms with E-state index >= 15 is 0 Å². The van der Waals surface area contributed by atoms with E-state index in [-0.39, 0.29) is 6.67 Å². The van der Waals surface area contributed by atoms with Crippen molar-refractivity contribution in [1.29, 1.82) is 0 Å². The molecule has 0 amide bonds. The third-order valence-corrected chi connectivity index (χ3v) is 6.80. The van der Waals surface area contributed by atoms with E-state index in [2.05, 4.69) is 0 Å². The summed E-state index contributed by atoms with van der Waals surface area (Å²) in [4.78, 5) is 0. The molecule has 0 unspecified atom stereocenters. The van der Waals surface area contributed by atoms with Crippen LogP contribution in [-0.4, -0.2) is 23.8 Å². The smallest absolute Gasteiger partial charge is 0.194 e. The molecule has 0 spiro atoms. The van der Waals surface area contributed by atoms with Crippen molar-refractivity contribution in [2.75, 3.05) is 11.0 Å². The molecule has 0 saturated heterocycles. The molecule has 78 valence electrons. The van der Waals surface area contributed by atoms with Crippen LogP contribution in [0.2, 0.25) is 6.55 Å². The summed E-state index contributed by atoms with van der Waals surface area (Å²) in [6, 6.07) is 8.92. The monoisotopic (exact) mass is 230 g/mol. The lowest BCUT2D eigenvalue weighted by Gasteiger charge is -2.21. The van der Waals surface area contributed by atoms with Gasteiger partial charge in [0.15, 0.2) is 18.1 Å². The highest BCUT2D eigenvalue weighted by molar-refractivity contribution is 8.16. The predicted molar refractivity (Wildman–Crippen MR) is 61.3 cm³/mol. The van der Waals surface area contributed by atoms with Crippen LogP contribution in [0.25, 0.3) is 0 Å². The van der Waals surface area contributed by atoms with Crippen LogP contribution in [-0.2, 0) is 9.47 Å². The van der Waals surface area contributed by atoms with Gasteiger partial charge in [0.25, 0.3) is 0 Å². The Kier molecular flexibility index (Phi) is 3.67. The molecule has 2 N–H and O–H groups in total. The van der Waals surface area contributed by atoms with Crippen molar-refractivity contribution in [2.45, 2.75) is 6.55 Å². The fraction of sp³-hybridized carbons (Fsp3) is 0.250. The SMILES string of the molecule is C[SiH2]S(=O)(=O)N(CN)c1ccccc1. The molecule has 0 heterocycles. The molecule has 0 aliphatic rings. The first-order valence-corrected chi connectivity index (χ1v) is 9.13. The van der Waals surface area contributed by atoms with Gasteiger partial charge in [-0.3, -0.25) is 4.31 Å². The first-order chi connectivity index (χ1) is 6.61. The van der Waals surface area contributed by atoms with Crippen molar-refractivity contribution >= 4 is 23.8 Å². The molecule has 0 bridgehead atoms. The van der Waals surface area contributed by atoms with Crippen LogP contribution in [0.3, 0.4) is 0 Å². The van der Waals surface area contributed by atoms with Gasteiger partial charge in [-0.15, -0.1) is 0 Å². The number of rotatable bonds is 4. The quantitative estimate of drug-likeness (QED) is 0.579. The van der Waals surface area contributed by atoms with E-state index in [4.69, 9.17) is 5.73 Å². The molecule has 0 aliphatic carbocycles. The second kappa shape index (κ2) is 4.58. The molecule has 0 atom stereocenters. The largest absolute Gasteiger partial charge is 0.313 e. The number of anilines is 1. The molecular formula is C8H14N2O2SSi. The Bertz CT molecular complexity index is 380. The van der Waals surface area contributed by atoms with Crippen LogP contribution in [0.1, 0.15) is 0 Å². The van der Waals surface area contributed by atoms with Gasteiger partial charge in [0.1, 0.15) is 0 Å². The molecule has 0 aromatic heterocycles. The van der Waals surface area contributed by atoms with Crippen molar-refractivity contribution in [3.05, 3.63) is 30.3 Å². The van der Waals surface area contributed by atoms with Crippen LogP contribution in [0.15, 0.2) is 30.3 Å². The lowest BCUT2D eigenvalue weighted by Crippen LogP contribution is -2.38. The van der Waals surface area contributed by atoms with E-state index in [9.17, 15) is 8.42 Å². The lowest BCUT2D eigenvalue weighted by molar-refractivity contribution is 0.604. The summed E-state index contributed by atoms with van der Waals surface area (Å²) < 4.78 is 24.5. The van der Waals surface area contributed by atoms with Crippen LogP contribution < -0.4 is 10.0 Å². The van der Waals surface area contributed by atoms with Crippen molar-refractivity contribution in [1.82, 2.24) is 0 Å². The Balaban J connectivity index is 3.06. The van der Waals surface area contributed by atoms with E-state index in [0.717, 1.165) is 0 Å². The minimum Gasteiger partial charge on any atom is -0.313 e. The van der Waals surface area contributed by atoms with Crippen molar-refractivity contribution in [3.8, 4) is 0 Å². The zero-order valence-corrected chi connectivity index (χ0v) is 10.3. The predicted octanol–water partition coefficient (Wildman–Crippen LogP) is -0.129. The van der Waals surface area contributed by atoms with E-state index < -0.39 is 18.1 Å². The topological polar surface area (TPSA) is 63.4 Å². The third-order valence-electron chi connectivity index (χ3n) is 1.91. The Morgan fingerprint density at radius 3 is 2.36 bits per heavy atom. The molecule has 0 saturated carbocycles. The van der Waals surface area contributed by atoms with Crippen molar-refractivity contribution in [3.63, 3.8) is 0 Å². The Morgan fingerprint density at radius 2 is 1.93 bits per heavy atom. The van der Waals surface area contributed by atoms with Crippen LogP contribution in [0, 0.1) is 0 Å². The Hall–Kier alpha value is -0.853. The van der Waals surface area contributed by atoms with Gasteiger partial charge in [-0.1, -0.05) is 24.7 Å². The second-order valence-electron chi connectivity index (χ2n) is 2.77. The number of hydrogen-bond acceptors (Lipinski definition) is 3. The molecule has 1 aromatic carbocycles. The number of para-hydroxylation sites is 1. The maximum absolute atomic E-state index is 11.6. The normalized spacial score (nSPS) is 12.1. The number of nitrogens with zero attached hydrogens (tertiary/aromatic N) is 1. The highest BCUT2D eigenvalue weighted by atomic mass is 32.4. The van der Waals surface area contributed by atoms with E-state index in [1.807, 2.05) is 6.07 Å². The molecule has 14 heavy (non-hydrogen) atoms. The summed E-state index contributed by atoms with van der Waals surface area (Å²) in [6.45, 7) is 1.74. The first-order valence-electron chi connectivity index (χ1n) is 4.37. The van der Waals surface area contributed by atoms with Gasteiger partial charge in [-0.25, -0.2) is 8.42 Å². The standard InChI is InChI=1S/C8H14N2O2SSi/c1-14-13(11,12)10(7-9)8-5-3-2-4-6-8/h2-6H,7,9,14H2,1H3. The average molecular weight is 230 g/mol. The molecule has 4 nitrogen and oxygen atoms in total. The van der Waals surface area contributed by atoms with Gasteiger partial charge in [-0.05, 0) is 12.1 Å². The van der Waals surface area contributed by atoms with E-state index in [0.29, 0.717) is 5.69 Å². The summed E-state index contributed by atoms with van der Waals surface area (Å²) in [5.74, 6) is 0. The molecule has 0 radical (unpaired) electrons. The van der Waals surface area contributed by atoms with Gasteiger partial charge < -0.3 is 5.73 Å². The van der Waals surface area contributed by atoms with Crippen LogP contribution in [0.5, 0.6) is 0 Å². The third kappa shape index (κ3) is 2.34. The fourth-order valence-electron chi connectivity index (χ4n) is 1.13. The Labute approximate surface area is 86.2 Å². The van der Waals surface area contributed by atoms with Crippen LogP contribution in [0.4, 0.5) is 5.69 Å². The highest BCUT2D eigenvalue weighted by Gasteiger charge is 2.17. The minimum absolute atomic E-state index is 0.00713. The summed E-state index contributed by atoms with van der Waals surface area (Å²) in [5, 5.41) is 0.